The molecule has 1 rings (SSSR count). The van der Waals surface area contributed by atoms with Gasteiger partial charge in [0.05, 0.1) is 11.4 Å². The molecule has 0 aromatic carbocycles. The topological polar surface area (TPSA) is 54.4 Å². The van der Waals surface area contributed by atoms with Crippen LogP contribution in [0, 0.1) is 0 Å². The highest BCUT2D eigenvalue weighted by atomic mass is 35.7. The van der Waals surface area contributed by atoms with Gasteiger partial charge in [0.15, 0.2) is 0 Å². The minimum Gasteiger partial charge on any atom is -0.393 e. The summed E-state index contributed by atoms with van der Waals surface area (Å²) >= 11 is 0. The van der Waals surface area contributed by atoms with E-state index in [0.29, 0.717) is 25.7 Å². The van der Waals surface area contributed by atoms with Crippen LogP contribution in [0.25, 0.3) is 0 Å². The maximum Gasteiger partial charge on any atom is 0.235 e. The van der Waals surface area contributed by atoms with E-state index in [2.05, 4.69) is 0 Å². The van der Waals surface area contributed by atoms with Crippen LogP contribution in [0.3, 0.4) is 0 Å². The van der Waals surface area contributed by atoms with Gasteiger partial charge in [-0.3, -0.25) is 0 Å². The van der Waals surface area contributed by atoms with E-state index >= 15 is 0 Å². The Bertz CT molecular complexity index is 216. The lowest BCUT2D eigenvalue weighted by molar-refractivity contribution is 0.131. The summed E-state index contributed by atoms with van der Waals surface area (Å²) in [5.41, 5.74) is 0. The molecule has 11 heavy (non-hydrogen) atoms. The fourth-order valence-corrected chi connectivity index (χ4v) is 2.70. The minimum atomic E-state index is -3.39. The number of hydrogen-bond donors (Lipinski definition) is 1. The Morgan fingerprint density at radius 1 is 1.18 bits per heavy atom. The lowest BCUT2D eigenvalue weighted by atomic mass is 9.97. The van der Waals surface area contributed by atoms with Gasteiger partial charge in [-0.2, -0.15) is 0 Å². The van der Waals surface area contributed by atoms with Gasteiger partial charge in [0.2, 0.25) is 9.05 Å². The summed E-state index contributed by atoms with van der Waals surface area (Å²) in [6.07, 6.45) is 1.76. The van der Waals surface area contributed by atoms with Gasteiger partial charge in [-0.05, 0) is 25.7 Å². The van der Waals surface area contributed by atoms with Crippen LogP contribution in [0.5, 0.6) is 0 Å². The number of aliphatic hydroxyl groups is 1. The Balaban J connectivity index is 2.53. The van der Waals surface area contributed by atoms with Crippen LogP contribution in [-0.4, -0.2) is 24.9 Å². The predicted molar refractivity (Wildman–Crippen MR) is 43.0 cm³/mol. The molecule has 1 N–H and O–H groups in total. The van der Waals surface area contributed by atoms with Gasteiger partial charge < -0.3 is 5.11 Å². The second kappa shape index (κ2) is 3.29. The summed E-state index contributed by atoms with van der Waals surface area (Å²) in [5, 5.41) is 8.62. The van der Waals surface area contributed by atoms with Gasteiger partial charge in [-0.15, -0.1) is 0 Å². The van der Waals surface area contributed by atoms with Crippen molar-refractivity contribution >= 4 is 19.7 Å². The van der Waals surface area contributed by atoms with Crippen molar-refractivity contribution in [1.29, 1.82) is 0 Å². The molecule has 66 valence electrons. The van der Waals surface area contributed by atoms with Crippen molar-refractivity contribution in [3.05, 3.63) is 0 Å². The van der Waals surface area contributed by atoms with E-state index < -0.39 is 14.3 Å². The Hall–Kier alpha value is 0.200. The van der Waals surface area contributed by atoms with Crippen molar-refractivity contribution in [3.63, 3.8) is 0 Å². The summed E-state index contributed by atoms with van der Waals surface area (Å²) in [6.45, 7) is 0. The summed E-state index contributed by atoms with van der Waals surface area (Å²) < 4.78 is 21.6. The summed E-state index contributed by atoms with van der Waals surface area (Å²) in [6, 6.07) is 0. The third kappa shape index (κ3) is 2.61. The van der Waals surface area contributed by atoms with E-state index in [-0.39, 0.29) is 6.10 Å². The number of hydrogen-bond acceptors (Lipinski definition) is 3. The molecule has 1 aliphatic carbocycles. The molecule has 1 aliphatic rings. The first kappa shape index (κ1) is 9.29. The molecule has 0 spiro atoms. The first-order chi connectivity index (χ1) is 5.00. The number of halogens is 1. The molecule has 0 amide bonds. The van der Waals surface area contributed by atoms with Gasteiger partial charge in [0, 0.05) is 10.7 Å². The Morgan fingerprint density at radius 2 is 1.64 bits per heavy atom. The second-order valence-electron chi connectivity index (χ2n) is 2.91. The van der Waals surface area contributed by atoms with Gasteiger partial charge in [0.25, 0.3) is 0 Å². The molecule has 0 aromatic rings. The molecular weight excluding hydrogens is 188 g/mol. The highest BCUT2D eigenvalue weighted by Crippen LogP contribution is 2.25. The molecule has 0 bridgehead atoms. The minimum absolute atomic E-state index is 0.329. The average molecular weight is 199 g/mol. The smallest absolute Gasteiger partial charge is 0.235 e. The Morgan fingerprint density at radius 3 is 2.00 bits per heavy atom. The second-order valence-corrected chi connectivity index (χ2v) is 5.81. The Kier molecular flexibility index (Phi) is 2.78. The fraction of sp³-hybridized carbons (Fsp3) is 1.00. The maximum atomic E-state index is 10.8. The molecule has 3 nitrogen and oxygen atoms in total. The lowest BCUT2D eigenvalue weighted by Gasteiger charge is -2.22. The van der Waals surface area contributed by atoms with Crippen LogP contribution in [0.1, 0.15) is 25.7 Å². The molecular formula is C6H11ClO3S. The summed E-state index contributed by atoms with van der Waals surface area (Å²) in [4.78, 5) is 0. The van der Waals surface area contributed by atoms with Gasteiger partial charge in [0.1, 0.15) is 0 Å². The molecule has 1 saturated carbocycles. The molecule has 0 unspecified atom stereocenters. The van der Waals surface area contributed by atoms with E-state index in [1.165, 1.54) is 0 Å². The van der Waals surface area contributed by atoms with Crippen molar-refractivity contribution in [2.75, 3.05) is 0 Å². The summed E-state index contributed by atoms with van der Waals surface area (Å²) in [7, 11) is 1.76. The van der Waals surface area contributed by atoms with Crippen molar-refractivity contribution < 1.29 is 13.5 Å². The normalized spacial score (nSPS) is 33.6. The van der Waals surface area contributed by atoms with E-state index in [4.69, 9.17) is 15.8 Å². The van der Waals surface area contributed by atoms with E-state index in [1.54, 1.807) is 0 Å². The third-order valence-electron chi connectivity index (χ3n) is 2.04. The van der Waals surface area contributed by atoms with Crippen molar-refractivity contribution in [2.45, 2.75) is 37.0 Å². The van der Waals surface area contributed by atoms with E-state index in [0.717, 1.165) is 0 Å². The highest BCUT2D eigenvalue weighted by Gasteiger charge is 2.28. The molecule has 5 heteroatoms. The van der Waals surface area contributed by atoms with Crippen molar-refractivity contribution in [3.8, 4) is 0 Å². The van der Waals surface area contributed by atoms with Crippen LogP contribution < -0.4 is 0 Å². The summed E-state index contributed by atoms with van der Waals surface area (Å²) in [5.74, 6) is 0. The van der Waals surface area contributed by atoms with Crippen LogP contribution in [0.2, 0.25) is 0 Å². The SMILES string of the molecule is O=S(=O)(Cl)C1CCC(O)CC1. The lowest BCUT2D eigenvalue weighted by Crippen LogP contribution is -2.26. The van der Waals surface area contributed by atoms with Crippen molar-refractivity contribution in [1.82, 2.24) is 0 Å². The van der Waals surface area contributed by atoms with Crippen molar-refractivity contribution in [2.24, 2.45) is 0 Å². The average Bonchev–Trinajstić information content (AvgIpc) is 1.86. The number of aliphatic hydroxyl groups excluding tert-OH is 1. The van der Waals surface area contributed by atoms with Crippen LogP contribution in [0.15, 0.2) is 0 Å². The standard InChI is InChI=1S/C6H11ClO3S/c7-11(9,10)6-3-1-5(8)2-4-6/h5-6,8H,1-4H2. The predicted octanol–water partition coefficient (Wildman–Crippen LogP) is 0.859. The van der Waals surface area contributed by atoms with Gasteiger partial charge >= 0.3 is 0 Å². The number of rotatable bonds is 1. The quantitative estimate of drug-likeness (QED) is 0.636. The van der Waals surface area contributed by atoms with Crippen LogP contribution >= 0.6 is 10.7 Å². The van der Waals surface area contributed by atoms with E-state index in [9.17, 15) is 8.42 Å². The zero-order chi connectivity index (χ0) is 8.48. The van der Waals surface area contributed by atoms with E-state index in [1.807, 2.05) is 0 Å². The molecule has 0 atom stereocenters. The molecule has 0 aliphatic heterocycles. The zero-order valence-electron chi connectivity index (χ0n) is 6.03. The Labute approximate surface area is 70.8 Å². The molecule has 0 heterocycles. The largest absolute Gasteiger partial charge is 0.393 e. The van der Waals surface area contributed by atoms with Crippen LogP contribution in [-0.2, 0) is 9.05 Å². The molecule has 0 aromatic heterocycles. The zero-order valence-corrected chi connectivity index (χ0v) is 7.61. The highest BCUT2D eigenvalue weighted by molar-refractivity contribution is 8.14. The molecule has 1 fully saturated rings. The van der Waals surface area contributed by atoms with Gasteiger partial charge in [-0.1, -0.05) is 0 Å². The third-order valence-corrected chi connectivity index (χ3v) is 4.07. The first-order valence-corrected chi connectivity index (χ1v) is 5.99. The first-order valence-electron chi connectivity index (χ1n) is 3.61. The monoisotopic (exact) mass is 198 g/mol. The van der Waals surface area contributed by atoms with Crippen LogP contribution in [0.4, 0.5) is 0 Å². The molecule has 0 saturated heterocycles. The molecule has 0 radical (unpaired) electrons. The van der Waals surface area contributed by atoms with Gasteiger partial charge in [-0.25, -0.2) is 8.42 Å². The maximum absolute atomic E-state index is 10.8. The fourth-order valence-electron chi connectivity index (χ4n) is 1.33.